The first-order valence-corrected chi connectivity index (χ1v) is 17.8. The van der Waals surface area contributed by atoms with Crippen LogP contribution in [0, 0.1) is 39.2 Å². The fourth-order valence-electron chi connectivity index (χ4n) is 2.48. The summed E-state index contributed by atoms with van der Waals surface area (Å²) < 4.78 is 40.1. The molecule has 0 bridgehead atoms. The molecule has 0 aliphatic rings. The third-order valence-corrected chi connectivity index (χ3v) is 15.9. The van der Waals surface area contributed by atoms with Crippen LogP contribution in [0.3, 0.4) is 0 Å². The van der Waals surface area contributed by atoms with Crippen LogP contribution >= 0.6 is 0 Å². The second kappa shape index (κ2) is 22.2. The molecule has 0 heterocycles. The molecule has 0 unspecified atom stereocenters. The molecule has 0 aromatic rings. The van der Waals surface area contributed by atoms with Crippen LogP contribution in [0.1, 0.15) is 68.2 Å². The zero-order valence-corrected chi connectivity index (χ0v) is 28.3. The van der Waals surface area contributed by atoms with Gasteiger partial charge in [-0.2, -0.15) is 0 Å². The van der Waals surface area contributed by atoms with Crippen molar-refractivity contribution in [2.24, 2.45) is 0 Å². The molecule has 11 heteroatoms. The molecule has 0 aliphatic carbocycles. The van der Waals surface area contributed by atoms with Crippen molar-refractivity contribution < 1.29 is 54.5 Å². The second-order valence-electron chi connectivity index (χ2n) is 11.9. The van der Waals surface area contributed by atoms with Gasteiger partial charge in [0, 0.05) is 42.6 Å². The van der Waals surface area contributed by atoms with Gasteiger partial charge in [-0.25, -0.2) is 0 Å². The average molecular weight is 613 g/mol. The summed E-state index contributed by atoms with van der Waals surface area (Å²) in [5, 5.41) is 10.9. The molecule has 0 aromatic carbocycles. The van der Waals surface area contributed by atoms with Gasteiger partial charge >= 0.3 is 33.9 Å². The van der Waals surface area contributed by atoms with Crippen molar-refractivity contribution in [3.05, 3.63) is 39.2 Å². The molecule has 3 atom stereocenters. The van der Waals surface area contributed by atoms with Crippen molar-refractivity contribution in [2.75, 3.05) is 6.61 Å². The van der Waals surface area contributed by atoms with Crippen LogP contribution in [0.4, 0.5) is 0 Å². The molecular formula is C27H48FeO8Si2-. The predicted octanol–water partition coefficient (Wildman–Crippen LogP) is 5.90. The Morgan fingerprint density at radius 1 is 0.895 bits per heavy atom. The van der Waals surface area contributed by atoms with Gasteiger partial charge in [0.15, 0.2) is 16.6 Å². The first-order chi connectivity index (χ1) is 16.7. The van der Waals surface area contributed by atoms with Crippen molar-refractivity contribution >= 4 is 23.1 Å². The van der Waals surface area contributed by atoms with E-state index < -0.39 is 28.3 Å². The second-order valence-corrected chi connectivity index (χ2v) is 21.5. The van der Waals surface area contributed by atoms with Gasteiger partial charge in [0.05, 0.1) is 11.7 Å². The topological polar surface area (TPSA) is 125 Å². The smallest absolute Gasteiger partial charge is 0 e. The standard InChI is InChI=1S/C24H48O5Si2.3CO.Fe/c1-20(29-31(11,12)23(5,6)7)18-21(27-19-25)14-13-15-24(8,26)16-17-28-30(9,10)22(2,3)4;3*1-2;/h13-15,20-21,26H,16-18H2,1-12H3;;;;/q-1;;;;/t20-,21+,24-;;;;/m1..../s1. The Bertz CT molecular complexity index is 648. The average Bonchev–Trinajstić information content (AvgIpc) is 2.75. The Kier molecular flexibility index (Phi) is 27.7. The van der Waals surface area contributed by atoms with E-state index in [-0.39, 0.29) is 33.2 Å². The molecule has 0 aromatic heterocycles. The monoisotopic (exact) mass is 612 g/mol. The first-order valence-electron chi connectivity index (χ1n) is 11.9. The Balaban J connectivity index is -0.000000481. The van der Waals surface area contributed by atoms with E-state index in [1.165, 1.54) is 0 Å². The molecule has 1 N–H and O–H groups in total. The summed E-state index contributed by atoms with van der Waals surface area (Å²) in [6.07, 6.45) is 5.80. The summed E-state index contributed by atoms with van der Waals surface area (Å²) >= 11 is 0. The summed E-state index contributed by atoms with van der Waals surface area (Å²) in [6.45, 7) is 41.3. The zero-order valence-electron chi connectivity index (χ0n) is 25.2. The van der Waals surface area contributed by atoms with Crippen molar-refractivity contribution in [3.63, 3.8) is 0 Å². The summed E-state index contributed by atoms with van der Waals surface area (Å²) in [6, 6.07) is 0. The Morgan fingerprint density at radius 2 is 1.32 bits per heavy atom. The SMILES string of the molecule is C[C@H](C[C@H]([CH][CH][CH][C@@](C)(O)CCO[Si](C)(C)C(C)(C)C)O[C-]=O)O[Si](C)(C)C(C)(C)C.[C-]#[O+].[C-]#[O+].[C-]#[O+].[Fe]. The summed E-state index contributed by atoms with van der Waals surface area (Å²) in [5.41, 5.74) is -1.00. The van der Waals surface area contributed by atoms with Crippen LogP contribution in [0.15, 0.2) is 0 Å². The number of hydrogen-bond donors (Lipinski definition) is 1. The van der Waals surface area contributed by atoms with E-state index in [0.29, 0.717) is 19.4 Å². The molecule has 0 saturated carbocycles. The predicted molar refractivity (Wildman–Crippen MR) is 146 cm³/mol. The molecule has 0 amide bonds. The van der Waals surface area contributed by atoms with Crippen LogP contribution in [-0.2, 0) is 49.4 Å². The quantitative estimate of drug-likeness (QED) is 0.149. The van der Waals surface area contributed by atoms with Crippen LogP contribution < -0.4 is 0 Å². The number of ether oxygens (including phenoxy) is 1. The van der Waals surface area contributed by atoms with Crippen LogP contribution in [0.25, 0.3) is 0 Å². The minimum absolute atomic E-state index is 0. The molecule has 3 radical (unpaired) electrons. The minimum Gasteiger partial charge on any atom is 0 e. The van der Waals surface area contributed by atoms with E-state index in [4.69, 9.17) is 27.5 Å². The van der Waals surface area contributed by atoms with E-state index >= 15 is 0 Å². The van der Waals surface area contributed by atoms with Crippen LogP contribution in [0.5, 0.6) is 0 Å². The largest absolute Gasteiger partial charge is 0 e. The summed E-state index contributed by atoms with van der Waals surface area (Å²) in [4.78, 5) is 10.8. The summed E-state index contributed by atoms with van der Waals surface area (Å²) in [5.74, 6) is 0. The van der Waals surface area contributed by atoms with Gasteiger partial charge in [-0.05, 0) is 69.4 Å². The van der Waals surface area contributed by atoms with Crippen LogP contribution in [0.2, 0.25) is 36.3 Å². The molecule has 0 spiro atoms. The third kappa shape index (κ3) is 21.4. The van der Waals surface area contributed by atoms with E-state index in [1.807, 2.05) is 6.92 Å². The van der Waals surface area contributed by atoms with Gasteiger partial charge in [0.2, 0.25) is 0 Å². The number of aliphatic hydroxyl groups is 1. The van der Waals surface area contributed by atoms with Crippen molar-refractivity contribution in [3.8, 4) is 0 Å². The van der Waals surface area contributed by atoms with Crippen LogP contribution in [-0.4, -0.2) is 52.6 Å². The minimum atomic E-state index is -1.90. The summed E-state index contributed by atoms with van der Waals surface area (Å²) in [7, 11) is -3.73. The van der Waals surface area contributed by atoms with Gasteiger partial charge in [-0.1, -0.05) is 48.0 Å². The molecule has 0 rings (SSSR count). The first kappa shape index (κ1) is 47.3. The van der Waals surface area contributed by atoms with Crippen molar-refractivity contribution in [1.29, 1.82) is 0 Å². The number of carbonyl (C=O) groups excluding carboxylic acids is 1. The maximum absolute atomic E-state index is 10.8. The molecule has 0 saturated heterocycles. The molecular weight excluding hydrogens is 564 g/mol. The molecule has 0 fully saturated rings. The molecule has 38 heavy (non-hydrogen) atoms. The third-order valence-electron chi connectivity index (χ3n) is 6.72. The maximum atomic E-state index is 10.8. The zero-order chi connectivity index (χ0) is 30.7. The fraction of sp³-hybridized carbons (Fsp3) is 0.741. The number of rotatable bonds is 14. The number of hydrogen-bond acceptors (Lipinski definition) is 5. The van der Waals surface area contributed by atoms with E-state index in [2.05, 4.69) is 87.7 Å². The van der Waals surface area contributed by atoms with E-state index in [9.17, 15) is 9.90 Å². The maximum Gasteiger partial charge on any atom is 0 e. The molecule has 8 nitrogen and oxygen atoms in total. The fourth-order valence-corrected chi connectivity index (χ4v) is 4.98. The van der Waals surface area contributed by atoms with Gasteiger partial charge in [-0.15, -0.1) is 0 Å². The van der Waals surface area contributed by atoms with Crippen molar-refractivity contribution in [1.82, 2.24) is 0 Å². The van der Waals surface area contributed by atoms with Gasteiger partial charge in [0.25, 0.3) is 0 Å². The van der Waals surface area contributed by atoms with Gasteiger partial charge in [-0.3, -0.25) is 0 Å². The van der Waals surface area contributed by atoms with Gasteiger partial charge < -0.3 is 23.5 Å². The van der Waals surface area contributed by atoms with Crippen molar-refractivity contribution in [2.45, 2.75) is 122 Å². The molecule has 221 valence electrons. The normalized spacial score (nSPS) is 14.6. The Morgan fingerprint density at radius 3 is 1.68 bits per heavy atom. The van der Waals surface area contributed by atoms with Gasteiger partial charge in [0.1, 0.15) is 0 Å². The Hall–Kier alpha value is -0.477. The van der Waals surface area contributed by atoms with E-state index in [0.717, 1.165) is 0 Å². The molecule has 0 aliphatic heterocycles. The Labute approximate surface area is 245 Å². The van der Waals surface area contributed by atoms with E-state index in [1.54, 1.807) is 32.7 Å².